The van der Waals surface area contributed by atoms with E-state index in [0.29, 0.717) is 21.3 Å². The summed E-state index contributed by atoms with van der Waals surface area (Å²) in [6.07, 6.45) is 0. The maximum absolute atomic E-state index is 11.9. The van der Waals surface area contributed by atoms with Crippen molar-refractivity contribution >= 4 is 34.5 Å². The Balaban J connectivity index is 2.16. The minimum atomic E-state index is -0.153. The molecule has 94 valence electrons. The highest BCUT2D eigenvalue weighted by atomic mass is 35.5. The Kier molecular flexibility index (Phi) is 3.89. The van der Waals surface area contributed by atoms with Crippen molar-refractivity contribution in [1.29, 1.82) is 0 Å². The van der Waals surface area contributed by atoms with Gasteiger partial charge in [0.15, 0.2) is 0 Å². The molecular weight excluding hydrogens is 270 g/mol. The quantitative estimate of drug-likeness (QED) is 0.924. The van der Waals surface area contributed by atoms with Gasteiger partial charge in [0.2, 0.25) is 0 Å². The zero-order chi connectivity index (χ0) is 13.1. The van der Waals surface area contributed by atoms with E-state index in [2.05, 4.69) is 5.32 Å². The molecule has 0 saturated carbocycles. The third kappa shape index (κ3) is 2.83. The van der Waals surface area contributed by atoms with Crippen LogP contribution in [0.5, 0.6) is 5.75 Å². The van der Waals surface area contributed by atoms with Gasteiger partial charge in [-0.1, -0.05) is 11.6 Å². The van der Waals surface area contributed by atoms with Gasteiger partial charge >= 0.3 is 0 Å². The van der Waals surface area contributed by atoms with Crippen LogP contribution in [0.4, 0.5) is 5.69 Å². The van der Waals surface area contributed by atoms with Crippen molar-refractivity contribution in [1.82, 2.24) is 0 Å². The molecule has 0 fully saturated rings. The molecule has 0 radical (unpaired) electrons. The first-order chi connectivity index (χ1) is 8.60. The van der Waals surface area contributed by atoms with Crippen LogP contribution in [0, 0.1) is 6.92 Å². The Labute approximate surface area is 114 Å². The SMILES string of the molecule is COc1ccc(NC(=O)c2ccc(C)s2)c(Cl)c1. The molecule has 5 heteroatoms. The molecule has 0 aliphatic rings. The lowest BCUT2D eigenvalue weighted by Gasteiger charge is -2.07. The van der Waals surface area contributed by atoms with Crippen LogP contribution in [0.15, 0.2) is 30.3 Å². The number of hydrogen-bond donors (Lipinski definition) is 1. The molecular formula is C13H12ClNO2S. The van der Waals surface area contributed by atoms with Crippen molar-refractivity contribution in [2.45, 2.75) is 6.92 Å². The van der Waals surface area contributed by atoms with Crippen LogP contribution >= 0.6 is 22.9 Å². The second-order valence-corrected chi connectivity index (χ2v) is 5.41. The fraction of sp³-hybridized carbons (Fsp3) is 0.154. The minimum absolute atomic E-state index is 0.153. The Morgan fingerprint density at radius 3 is 2.67 bits per heavy atom. The van der Waals surface area contributed by atoms with Gasteiger partial charge in [-0.2, -0.15) is 0 Å². The van der Waals surface area contributed by atoms with Crippen molar-refractivity contribution in [3.63, 3.8) is 0 Å². The third-order valence-electron chi connectivity index (χ3n) is 2.39. The van der Waals surface area contributed by atoms with E-state index in [1.807, 2.05) is 13.0 Å². The molecule has 0 spiro atoms. The number of aryl methyl sites for hydroxylation is 1. The topological polar surface area (TPSA) is 38.3 Å². The number of hydrogen-bond acceptors (Lipinski definition) is 3. The number of benzene rings is 1. The van der Waals surface area contributed by atoms with Gasteiger partial charge in [-0.25, -0.2) is 0 Å². The number of methoxy groups -OCH3 is 1. The van der Waals surface area contributed by atoms with Crippen LogP contribution in [0.3, 0.4) is 0 Å². The summed E-state index contributed by atoms with van der Waals surface area (Å²) in [5, 5.41) is 3.23. The largest absolute Gasteiger partial charge is 0.497 e. The number of anilines is 1. The van der Waals surface area contributed by atoms with Crippen molar-refractivity contribution in [3.05, 3.63) is 45.1 Å². The first kappa shape index (κ1) is 12.9. The predicted octanol–water partition coefficient (Wildman–Crippen LogP) is 3.97. The fourth-order valence-electron chi connectivity index (χ4n) is 1.46. The van der Waals surface area contributed by atoms with Gasteiger partial charge in [0.25, 0.3) is 5.91 Å². The lowest BCUT2D eigenvalue weighted by Crippen LogP contribution is -2.10. The van der Waals surface area contributed by atoms with E-state index in [9.17, 15) is 4.79 Å². The molecule has 3 nitrogen and oxygen atoms in total. The number of ether oxygens (including phenoxy) is 1. The van der Waals surface area contributed by atoms with Gasteiger partial charge in [-0.15, -0.1) is 11.3 Å². The van der Waals surface area contributed by atoms with Crippen LogP contribution in [0.1, 0.15) is 14.5 Å². The average molecular weight is 282 g/mol. The highest BCUT2D eigenvalue weighted by Gasteiger charge is 2.10. The predicted molar refractivity (Wildman–Crippen MR) is 75.0 cm³/mol. The average Bonchev–Trinajstić information content (AvgIpc) is 2.78. The first-order valence-corrected chi connectivity index (χ1v) is 6.51. The summed E-state index contributed by atoms with van der Waals surface area (Å²) in [5.41, 5.74) is 0.577. The van der Waals surface area contributed by atoms with Crippen molar-refractivity contribution in [2.24, 2.45) is 0 Å². The summed E-state index contributed by atoms with van der Waals surface area (Å²) in [7, 11) is 1.57. The normalized spacial score (nSPS) is 10.2. The van der Waals surface area contributed by atoms with E-state index in [0.717, 1.165) is 4.88 Å². The second-order valence-electron chi connectivity index (χ2n) is 3.71. The van der Waals surface area contributed by atoms with Crippen LogP contribution < -0.4 is 10.1 Å². The van der Waals surface area contributed by atoms with Gasteiger partial charge in [0, 0.05) is 10.9 Å². The van der Waals surface area contributed by atoms with Gasteiger partial charge in [0.1, 0.15) is 5.75 Å². The van der Waals surface area contributed by atoms with E-state index < -0.39 is 0 Å². The smallest absolute Gasteiger partial charge is 0.265 e. The Bertz CT molecular complexity index is 580. The number of halogens is 1. The molecule has 1 amide bonds. The van der Waals surface area contributed by atoms with E-state index in [1.54, 1.807) is 31.4 Å². The summed E-state index contributed by atoms with van der Waals surface area (Å²) in [5.74, 6) is 0.505. The second kappa shape index (κ2) is 5.42. The van der Waals surface area contributed by atoms with Crippen LogP contribution in [-0.4, -0.2) is 13.0 Å². The highest BCUT2D eigenvalue weighted by molar-refractivity contribution is 7.14. The van der Waals surface area contributed by atoms with Crippen LogP contribution in [-0.2, 0) is 0 Å². The molecule has 2 aromatic rings. The number of rotatable bonds is 3. The lowest BCUT2D eigenvalue weighted by atomic mass is 10.3. The Morgan fingerprint density at radius 2 is 2.11 bits per heavy atom. The number of amides is 1. The Hall–Kier alpha value is -1.52. The fourth-order valence-corrected chi connectivity index (χ4v) is 2.45. The standard InChI is InChI=1S/C13H12ClNO2S/c1-8-3-6-12(18-8)13(16)15-11-5-4-9(17-2)7-10(11)14/h3-7H,1-2H3,(H,15,16). The Morgan fingerprint density at radius 1 is 1.33 bits per heavy atom. The molecule has 1 heterocycles. The summed E-state index contributed by atoms with van der Waals surface area (Å²) >= 11 is 7.50. The lowest BCUT2D eigenvalue weighted by molar-refractivity contribution is 0.103. The van der Waals surface area contributed by atoms with Gasteiger partial charge in [-0.05, 0) is 31.2 Å². The molecule has 0 saturated heterocycles. The molecule has 1 N–H and O–H groups in total. The molecule has 0 aliphatic carbocycles. The first-order valence-electron chi connectivity index (χ1n) is 5.31. The minimum Gasteiger partial charge on any atom is -0.497 e. The van der Waals surface area contributed by atoms with E-state index >= 15 is 0 Å². The van der Waals surface area contributed by atoms with Gasteiger partial charge < -0.3 is 10.1 Å². The molecule has 1 aromatic carbocycles. The molecule has 0 bridgehead atoms. The summed E-state index contributed by atoms with van der Waals surface area (Å²) in [6.45, 7) is 1.96. The van der Waals surface area contributed by atoms with Crippen LogP contribution in [0.25, 0.3) is 0 Å². The van der Waals surface area contributed by atoms with Gasteiger partial charge in [-0.3, -0.25) is 4.79 Å². The number of thiophene rings is 1. The highest BCUT2D eigenvalue weighted by Crippen LogP contribution is 2.27. The third-order valence-corrected chi connectivity index (χ3v) is 3.70. The molecule has 1 aromatic heterocycles. The zero-order valence-corrected chi connectivity index (χ0v) is 11.6. The van der Waals surface area contributed by atoms with E-state index in [-0.39, 0.29) is 5.91 Å². The monoisotopic (exact) mass is 281 g/mol. The molecule has 0 unspecified atom stereocenters. The number of carbonyl (C=O) groups is 1. The summed E-state index contributed by atoms with van der Waals surface area (Å²) < 4.78 is 5.05. The zero-order valence-electron chi connectivity index (χ0n) is 9.99. The summed E-state index contributed by atoms with van der Waals surface area (Å²) in [6, 6.07) is 8.85. The van der Waals surface area contributed by atoms with E-state index in [4.69, 9.17) is 16.3 Å². The molecule has 0 atom stereocenters. The van der Waals surface area contributed by atoms with Crippen LogP contribution in [0.2, 0.25) is 5.02 Å². The van der Waals surface area contributed by atoms with Gasteiger partial charge in [0.05, 0.1) is 22.7 Å². The van der Waals surface area contributed by atoms with Crippen molar-refractivity contribution in [3.8, 4) is 5.75 Å². The molecule has 18 heavy (non-hydrogen) atoms. The van der Waals surface area contributed by atoms with Crippen molar-refractivity contribution in [2.75, 3.05) is 12.4 Å². The molecule has 0 aliphatic heterocycles. The van der Waals surface area contributed by atoms with Crippen molar-refractivity contribution < 1.29 is 9.53 Å². The summed E-state index contributed by atoms with van der Waals surface area (Å²) in [4.78, 5) is 13.7. The van der Waals surface area contributed by atoms with E-state index in [1.165, 1.54) is 11.3 Å². The maximum Gasteiger partial charge on any atom is 0.265 e. The number of nitrogens with one attached hydrogen (secondary N) is 1. The number of carbonyl (C=O) groups excluding carboxylic acids is 1. The molecule has 2 rings (SSSR count). The maximum atomic E-state index is 11.9.